The van der Waals surface area contributed by atoms with Crippen LogP contribution in [0, 0.1) is 11.8 Å². The van der Waals surface area contributed by atoms with Crippen molar-refractivity contribution in [3.8, 4) is 0 Å². The van der Waals surface area contributed by atoms with Crippen molar-refractivity contribution >= 4 is 33.4 Å². The molecule has 8 heteroatoms. The van der Waals surface area contributed by atoms with Gasteiger partial charge >= 0.3 is 0 Å². The number of halogens is 1. The van der Waals surface area contributed by atoms with Gasteiger partial charge in [0.15, 0.2) is 5.82 Å². The maximum Gasteiger partial charge on any atom is 0.249 e. The number of aromatic nitrogens is 2. The van der Waals surface area contributed by atoms with Crippen LogP contribution < -0.4 is 10.2 Å². The van der Waals surface area contributed by atoms with E-state index in [-0.39, 0.29) is 30.2 Å². The Balaban J connectivity index is 1.46. The summed E-state index contributed by atoms with van der Waals surface area (Å²) in [5.41, 5.74) is 0.786. The number of amides is 2. The first kappa shape index (κ1) is 19.1. The van der Waals surface area contributed by atoms with Gasteiger partial charge in [0.2, 0.25) is 17.7 Å². The Morgan fingerprint density at radius 1 is 1.32 bits per heavy atom. The average molecular weight is 447 g/mol. The zero-order chi connectivity index (χ0) is 19.8. The molecule has 2 atom stereocenters. The van der Waals surface area contributed by atoms with E-state index >= 15 is 0 Å². The summed E-state index contributed by atoms with van der Waals surface area (Å²) >= 11 is 3.48. The van der Waals surface area contributed by atoms with Gasteiger partial charge in [-0.2, -0.15) is 4.98 Å². The van der Waals surface area contributed by atoms with Gasteiger partial charge in [-0.25, -0.2) is 0 Å². The molecule has 1 N–H and O–H groups in total. The maximum atomic E-state index is 12.9. The van der Waals surface area contributed by atoms with E-state index in [1.54, 1.807) is 4.90 Å². The second-order valence-corrected chi connectivity index (χ2v) is 8.71. The molecule has 28 heavy (non-hydrogen) atoms. The van der Waals surface area contributed by atoms with E-state index in [0.717, 1.165) is 28.8 Å². The highest BCUT2D eigenvalue weighted by Crippen LogP contribution is 2.39. The van der Waals surface area contributed by atoms with Crippen LogP contribution in [0.5, 0.6) is 0 Å². The van der Waals surface area contributed by atoms with Gasteiger partial charge in [0, 0.05) is 23.4 Å². The Kier molecular flexibility index (Phi) is 5.23. The smallest absolute Gasteiger partial charge is 0.249 e. The molecule has 1 saturated carbocycles. The number of hydrogen-bond donors (Lipinski definition) is 1. The predicted octanol–water partition coefficient (Wildman–Crippen LogP) is 3.58. The van der Waals surface area contributed by atoms with Gasteiger partial charge in [-0.3, -0.25) is 9.59 Å². The molecular weight excluding hydrogens is 424 g/mol. The van der Waals surface area contributed by atoms with Gasteiger partial charge in [-0.1, -0.05) is 31.1 Å². The molecule has 2 aliphatic rings. The van der Waals surface area contributed by atoms with Crippen LogP contribution in [0.15, 0.2) is 33.3 Å². The average Bonchev–Trinajstić information content (AvgIpc) is 3.27. The molecule has 2 unspecified atom stereocenters. The predicted molar refractivity (Wildman–Crippen MR) is 107 cm³/mol. The van der Waals surface area contributed by atoms with Gasteiger partial charge in [-0.05, 0) is 46.8 Å². The fourth-order valence-electron chi connectivity index (χ4n) is 3.45. The normalized spacial score (nSPS) is 20.6. The summed E-state index contributed by atoms with van der Waals surface area (Å²) in [5.74, 6) is 1.03. The second-order valence-electron chi connectivity index (χ2n) is 7.85. The fourth-order valence-corrected chi connectivity index (χ4v) is 3.95. The summed E-state index contributed by atoms with van der Waals surface area (Å²) in [4.78, 5) is 31.6. The van der Waals surface area contributed by atoms with Crippen molar-refractivity contribution < 1.29 is 14.1 Å². The summed E-state index contributed by atoms with van der Waals surface area (Å²) in [6.07, 6.45) is 2.37. The highest BCUT2D eigenvalue weighted by atomic mass is 79.9. The minimum atomic E-state index is -0.410. The lowest BCUT2D eigenvalue weighted by atomic mass is 10.0. The molecule has 1 aromatic carbocycles. The number of anilines is 1. The van der Waals surface area contributed by atoms with Gasteiger partial charge in [0.1, 0.15) is 6.04 Å². The van der Waals surface area contributed by atoms with Crippen LogP contribution >= 0.6 is 15.9 Å². The van der Waals surface area contributed by atoms with E-state index in [0.29, 0.717) is 18.4 Å². The Morgan fingerprint density at radius 3 is 2.75 bits per heavy atom. The molecule has 2 heterocycles. The molecule has 0 spiro atoms. The number of rotatable bonds is 6. The number of nitrogens with one attached hydrogen (secondary N) is 1. The van der Waals surface area contributed by atoms with Gasteiger partial charge < -0.3 is 14.7 Å². The van der Waals surface area contributed by atoms with E-state index in [4.69, 9.17) is 4.52 Å². The number of carbonyl (C=O) groups is 2. The SMILES string of the molecule is CC(C)C(NC(=O)C1CC(=O)N(c2ccccc2Br)C1)c1nc(C2CC2)no1. The third-order valence-corrected chi connectivity index (χ3v) is 5.94. The molecule has 2 amide bonds. The number of benzene rings is 1. The lowest BCUT2D eigenvalue weighted by Gasteiger charge is -2.21. The largest absolute Gasteiger partial charge is 0.344 e. The Morgan fingerprint density at radius 2 is 2.07 bits per heavy atom. The number of para-hydroxylation sites is 1. The third kappa shape index (κ3) is 3.83. The molecule has 1 saturated heterocycles. The molecule has 1 aliphatic heterocycles. The van der Waals surface area contributed by atoms with E-state index in [1.807, 2.05) is 38.1 Å². The zero-order valence-electron chi connectivity index (χ0n) is 15.9. The first-order chi connectivity index (χ1) is 13.4. The molecule has 7 nitrogen and oxygen atoms in total. The molecule has 148 valence electrons. The molecule has 0 bridgehead atoms. The quantitative estimate of drug-likeness (QED) is 0.732. The molecule has 1 aliphatic carbocycles. The van der Waals surface area contributed by atoms with Crippen LogP contribution in [0.3, 0.4) is 0 Å². The Hall–Kier alpha value is -2.22. The highest BCUT2D eigenvalue weighted by Gasteiger charge is 2.38. The van der Waals surface area contributed by atoms with E-state index in [9.17, 15) is 9.59 Å². The number of hydrogen-bond acceptors (Lipinski definition) is 5. The van der Waals surface area contributed by atoms with Gasteiger partial charge in [0.25, 0.3) is 0 Å². The third-order valence-electron chi connectivity index (χ3n) is 5.27. The van der Waals surface area contributed by atoms with Crippen molar-refractivity contribution in [1.82, 2.24) is 15.5 Å². The minimum Gasteiger partial charge on any atom is -0.344 e. The van der Waals surface area contributed by atoms with E-state index in [1.165, 1.54) is 0 Å². The topological polar surface area (TPSA) is 88.3 Å². The summed E-state index contributed by atoms with van der Waals surface area (Å²) in [7, 11) is 0. The van der Waals surface area contributed by atoms with Crippen molar-refractivity contribution in [3.05, 3.63) is 40.5 Å². The summed E-state index contributed by atoms with van der Waals surface area (Å²) in [6, 6.07) is 7.17. The summed E-state index contributed by atoms with van der Waals surface area (Å²) in [5, 5.41) is 7.08. The van der Waals surface area contributed by atoms with Crippen molar-refractivity contribution in [2.24, 2.45) is 11.8 Å². The van der Waals surface area contributed by atoms with Crippen LogP contribution in [-0.4, -0.2) is 28.5 Å². The van der Waals surface area contributed by atoms with Crippen LogP contribution in [0.4, 0.5) is 5.69 Å². The maximum absolute atomic E-state index is 12.9. The molecular formula is C20H23BrN4O3. The first-order valence-electron chi connectivity index (χ1n) is 9.62. The standard InChI is InChI=1S/C20H23BrN4O3/c1-11(2)17(20-23-18(24-28-20)12-7-8-12)22-19(27)13-9-16(26)25(10-13)15-6-4-3-5-14(15)21/h3-6,11-13,17H,7-10H2,1-2H3,(H,22,27). The Labute approximate surface area is 172 Å². The minimum absolute atomic E-state index is 0.0537. The number of carbonyl (C=O) groups excluding carboxylic acids is 2. The van der Waals surface area contributed by atoms with Gasteiger partial charge in [-0.15, -0.1) is 0 Å². The van der Waals surface area contributed by atoms with E-state index < -0.39 is 5.92 Å². The lowest BCUT2D eigenvalue weighted by Crippen LogP contribution is -2.37. The van der Waals surface area contributed by atoms with Crippen LogP contribution in [0.25, 0.3) is 0 Å². The molecule has 4 rings (SSSR count). The van der Waals surface area contributed by atoms with Gasteiger partial charge in [0.05, 0.1) is 11.6 Å². The van der Waals surface area contributed by atoms with E-state index in [2.05, 4.69) is 31.4 Å². The summed E-state index contributed by atoms with van der Waals surface area (Å²) in [6.45, 7) is 4.35. The van der Waals surface area contributed by atoms with Crippen molar-refractivity contribution in [2.45, 2.75) is 45.1 Å². The van der Waals surface area contributed by atoms with Crippen LogP contribution in [0.2, 0.25) is 0 Å². The summed E-state index contributed by atoms with van der Waals surface area (Å²) < 4.78 is 6.26. The molecule has 2 fully saturated rings. The number of nitrogens with zero attached hydrogens (tertiary/aromatic N) is 3. The monoisotopic (exact) mass is 446 g/mol. The van der Waals surface area contributed by atoms with Crippen LogP contribution in [-0.2, 0) is 9.59 Å². The highest BCUT2D eigenvalue weighted by molar-refractivity contribution is 9.10. The second kappa shape index (κ2) is 7.66. The molecule has 0 radical (unpaired) electrons. The first-order valence-corrected chi connectivity index (χ1v) is 10.4. The molecule has 2 aromatic rings. The van der Waals surface area contributed by atoms with Crippen LogP contribution in [0.1, 0.15) is 56.8 Å². The van der Waals surface area contributed by atoms with Crippen molar-refractivity contribution in [3.63, 3.8) is 0 Å². The fraction of sp³-hybridized carbons (Fsp3) is 0.500. The van der Waals surface area contributed by atoms with Crippen molar-refractivity contribution in [1.29, 1.82) is 0 Å². The van der Waals surface area contributed by atoms with Crippen molar-refractivity contribution in [2.75, 3.05) is 11.4 Å². The zero-order valence-corrected chi connectivity index (χ0v) is 17.5. The Bertz CT molecular complexity index is 893. The molecule has 1 aromatic heterocycles. The lowest BCUT2D eigenvalue weighted by molar-refractivity contribution is -0.127.